The second-order valence-corrected chi connectivity index (χ2v) is 5.06. The van der Waals surface area contributed by atoms with Crippen LogP contribution < -0.4 is 14.8 Å². The normalized spacial score (nSPS) is 17.9. The lowest BCUT2D eigenvalue weighted by molar-refractivity contribution is 0.0665. The zero-order valence-corrected chi connectivity index (χ0v) is 12.9. The Morgan fingerprint density at radius 2 is 2.24 bits per heavy atom. The Labute approximate surface area is 126 Å². The van der Waals surface area contributed by atoms with Crippen LogP contribution in [0.5, 0.6) is 11.5 Å². The Kier molecular flexibility index (Phi) is 6.79. The summed E-state index contributed by atoms with van der Waals surface area (Å²) >= 11 is 0. The van der Waals surface area contributed by atoms with E-state index in [4.69, 9.17) is 18.9 Å². The number of rotatable bonds is 9. The van der Waals surface area contributed by atoms with E-state index in [1.165, 1.54) is 0 Å². The van der Waals surface area contributed by atoms with Crippen LogP contribution in [-0.2, 0) is 16.0 Å². The van der Waals surface area contributed by atoms with Crippen molar-refractivity contribution in [3.05, 3.63) is 23.8 Å². The van der Waals surface area contributed by atoms with Crippen LogP contribution in [0.15, 0.2) is 18.2 Å². The molecule has 0 aliphatic carbocycles. The van der Waals surface area contributed by atoms with Crippen molar-refractivity contribution in [3.63, 3.8) is 0 Å². The summed E-state index contributed by atoms with van der Waals surface area (Å²) in [6.45, 7) is 3.63. The fraction of sp³-hybridized carbons (Fsp3) is 0.625. The van der Waals surface area contributed by atoms with E-state index < -0.39 is 0 Å². The number of hydrogen-bond donors (Lipinski definition) is 1. The predicted octanol–water partition coefficient (Wildman–Crippen LogP) is 1.99. The first kappa shape index (κ1) is 16.1. The molecule has 0 saturated carbocycles. The first-order valence-corrected chi connectivity index (χ1v) is 7.45. The van der Waals surface area contributed by atoms with Crippen molar-refractivity contribution in [2.45, 2.75) is 25.5 Å². The smallest absolute Gasteiger partial charge is 0.165 e. The molecule has 0 amide bonds. The summed E-state index contributed by atoms with van der Waals surface area (Å²) in [5.74, 6) is 1.57. The van der Waals surface area contributed by atoms with Gasteiger partial charge in [-0.05, 0) is 18.9 Å². The predicted molar refractivity (Wildman–Crippen MR) is 81.0 cm³/mol. The van der Waals surface area contributed by atoms with E-state index >= 15 is 0 Å². The molecular formula is C16H25NO4. The minimum atomic E-state index is 0.198. The third-order valence-electron chi connectivity index (χ3n) is 3.52. The van der Waals surface area contributed by atoms with Crippen LogP contribution in [0.25, 0.3) is 0 Å². The van der Waals surface area contributed by atoms with Crippen LogP contribution in [0.2, 0.25) is 0 Å². The average molecular weight is 295 g/mol. The van der Waals surface area contributed by atoms with E-state index in [0.29, 0.717) is 13.2 Å². The first-order chi connectivity index (χ1) is 10.3. The van der Waals surface area contributed by atoms with Gasteiger partial charge in [0.25, 0.3) is 0 Å². The van der Waals surface area contributed by atoms with Gasteiger partial charge >= 0.3 is 0 Å². The average Bonchev–Trinajstić information content (AvgIpc) is 3.03. The summed E-state index contributed by atoms with van der Waals surface area (Å²) in [7, 11) is 3.36. The van der Waals surface area contributed by atoms with Crippen LogP contribution in [0.1, 0.15) is 18.4 Å². The van der Waals surface area contributed by atoms with Gasteiger partial charge < -0.3 is 24.3 Å². The van der Waals surface area contributed by atoms with Crippen molar-refractivity contribution in [1.82, 2.24) is 5.32 Å². The lowest BCUT2D eigenvalue weighted by atomic mass is 10.1. The monoisotopic (exact) mass is 295 g/mol. The number of nitrogens with one attached hydrogen (secondary N) is 1. The van der Waals surface area contributed by atoms with Gasteiger partial charge in [0.15, 0.2) is 11.5 Å². The zero-order chi connectivity index (χ0) is 14.9. The molecular weight excluding hydrogens is 270 g/mol. The van der Waals surface area contributed by atoms with Crippen molar-refractivity contribution in [1.29, 1.82) is 0 Å². The maximum absolute atomic E-state index is 5.98. The molecule has 1 atom stereocenters. The fourth-order valence-electron chi connectivity index (χ4n) is 2.37. The van der Waals surface area contributed by atoms with Crippen LogP contribution >= 0.6 is 0 Å². The largest absolute Gasteiger partial charge is 0.493 e. The summed E-state index contributed by atoms with van der Waals surface area (Å²) in [4.78, 5) is 0. The highest BCUT2D eigenvalue weighted by molar-refractivity contribution is 5.46. The minimum Gasteiger partial charge on any atom is -0.493 e. The molecule has 5 nitrogen and oxygen atoms in total. The number of ether oxygens (including phenoxy) is 4. The fourth-order valence-corrected chi connectivity index (χ4v) is 2.37. The maximum atomic E-state index is 5.98. The second-order valence-electron chi connectivity index (χ2n) is 5.06. The molecule has 118 valence electrons. The van der Waals surface area contributed by atoms with Crippen molar-refractivity contribution < 1.29 is 18.9 Å². The van der Waals surface area contributed by atoms with Crippen molar-refractivity contribution in [3.8, 4) is 11.5 Å². The molecule has 0 radical (unpaired) electrons. The lowest BCUT2D eigenvalue weighted by Crippen LogP contribution is -2.21. The van der Waals surface area contributed by atoms with Crippen molar-refractivity contribution >= 4 is 0 Å². The van der Waals surface area contributed by atoms with Gasteiger partial charge in [0, 0.05) is 32.4 Å². The van der Waals surface area contributed by atoms with Crippen molar-refractivity contribution in [2.24, 2.45) is 0 Å². The second kappa shape index (κ2) is 8.87. The third-order valence-corrected chi connectivity index (χ3v) is 3.52. The summed E-state index contributed by atoms with van der Waals surface area (Å²) < 4.78 is 22.0. The third kappa shape index (κ3) is 4.88. The number of para-hydroxylation sites is 1. The number of methoxy groups -OCH3 is 2. The Hall–Kier alpha value is -1.30. The maximum Gasteiger partial charge on any atom is 0.165 e. The molecule has 1 aromatic rings. The molecule has 0 bridgehead atoms. The van der Waals surface area contributed by atoms with E-state index in [1.807, 2.05) is 18.2 Å². The van der Waals surface area contributed by atoms with Gasteiger partial charge in [-0.25, -0.2) is 0 Å². The van der Waals surface area contributed by atoms with E-state index in [1.54, 1.807) is 14.2 Å². The number of hydrogen-bond acceptors (Lipinski definition) is 5. The van der Waals surface area contributed by atoms with Gasteiger partial charge in [0.1, 0.15) is 6.61 Å². The zero-order valence-electron chi connectivity index (χ0n) is 12.9. The Morgan fingerprint density at radius 3 is 2.95 bits per heavy atom. The van der Waals surface area contributed by atoms with Gasteiger partial charge in [-0.1, -0.05) is 12.1 Å². The lowest BCUT2D eigenvalue weighted by Gasteiger charge is -2.17. The molecule has 1 heterocycles. The summed E-state index contributed by atoms with van der Waals surface area (Å²) in [5, 5.41) is 3.33. The molecule has 5 heteroatoms. The quantitative estimate of drug-likeness (QED) is 0.706. The van der Waals surface area contributed by atoms with E-state index in [0.717, 1.165) is 49.6 Å². The van der Waals surface area contributed by atoms with Crippen LogP contribution in [0, 0.1) is 0 Å². The number of benzene rings is 1. The van der Waals surface area contributed by atoms with Crippen molar-refractivity contribution in [2.75, 3.05) is 40.6 Å². The Morgan fingerprint density at radius 1 is 1.33 bits per heavy atom. The molecule has 1 aliphatic heterocycles. The molecule has 1 unspecified atom stereocenters. The molecule has 0 spiro atoms. The summed E-state index contributed by atoms with van der Waals surface area (Å²) in [6, 6.07) is 5.95. The highest BCUT2D eigenvalue weighted by atomic mass is 16.5. The molecule has 1 aliphatic rings. The van der Waals surface area contributed by atoms with Gasteiger partial charge in [0.05, 0.1) is 19.8 Å². The Bertz CT molecular complexity index is 419. The Balaban J connectivity index is 1.97. The first-order valence-electron chi connectivity index (χ1n) is 7.45. The van der Waals surface area contributed by atoms with Gasteiger partial charge in [-0.3, -0.25) is 0 Å². The molecule has 1 saturated heterocycles. The standard InChI is InChI=1S/C16H25NO4/c1-18-10-8-17-11-13-5-3-7-15(19-2)16(13)21-12-14-6-4-9-20-14/h3,5,7,14,17H,4,6,8-12H2,1-2H3. The van der Waals surface area contributed by atoms with E-state index in [2.05, 4.69) is 5.32 Å². The van der Waals surface area contributed by atoms with E-state index in [-0.39, 0.29) is 6.10 Å². The van der Waals surface area contributed by atoms with Gasteiger partial charge in [0.2, 0.25) is 0 Å². The molecule has 1 fully saturated rings. The SMILES string of the molecule is COCCNCc1cccc(OC)c1OCC1CCCO1. The molecule has 0 aromatic heterocycles. The highest BCUT2D eigenvalue weighted by Crippen LogP contribution is 2.31. The topological polar surface area (TPSA) is 49.0 Å². The van der Waals surface area contributed by atoms with Gasteiger partial charge in [-0.15, -0.1) is 0 Å². The molecule has 1 N–H and O–H groups in total. The molecule has 2 rings (SSSR count). The van der Waals surface area contributed by atoms with Crippen LogP contribution in [0.3, 0.4) is 0 Å². The molecule has 1 aromatic carbocycles. The summed E-state index contributed by atoms with van der Waals surface area (Å²) in [5.41, 5.74) is 1.09. The minimum absolute atomic E-state index is 0.198. The summed E-state index contributed by atoms with van der Waals surface area (Å²) in [6.07, 6.45) is 2.38. The van der Waals surface area contributed by atoms with Crippen LogP contribution in [-0.4, -0.2) is 46.7 Å². The van der Waals surface area contributed by atoms with E-state index in [9.17, 15) is 0 Å². The molecule has 21 heavy (non-hydrogen) atoms. The highest BCUT2D eigenvalue weighted by Gasteiger charge is 2.18. The van der Waals surface area contributed by atoms with Gasteiger partial charge in [-0.2, -0.15) is 0 Å². The van der Waals surface area contributed by atoms with Crippen LogP contribution in [0.4, 0.5) is 0 Å².